The van der Waals surface area contributed by atoms with Gasteiger partial charge < -0.3 is 4.57 Å². The third-order valence-corrected chi connectivity index (χ3v) is 4.98. The van der Waals surface area contributed by atoms with Crippen LogP contribution in [0.25, 0.3) is 11.0 Å². The number of rotatable bonds is 3. The van der Waals surface area contributed by atoms with Crippen LogP contribution < -0.4 is 0 Å². The number of hydrogen-bond acceptors (Lipinski definition) is 1. The zero-order chi connectivity index (χ0) is 14.3. The molecular formula is C16H20Cl2N2. The summed E-state index contributed by atoms with van der Waals surface area (Å²) in [6.07, 6.45) is 3.98. The molecule has 0 amide bonds. The first-order valence-electron chi connectivity index (χ1n) is 7.36. The van der Waals surface area contributed by atoms with E-state index in [9.17, 15) is 0 Å². The maximum absolute atomic E-state index is 6.33. The van der Waals surface area contributed by atoms with Crippen LogP contribution in [0, 0.1) is 11.8 Å². The van der Waals surface area contributed by atoms with Crippen LogP contribution in [0.4, 0.5) is 0 Å². The second-order valence-electron chi connectivity index (χ2n) is 6.00. The van der Waals surface area contributed by atoms with Gasteiger partial charge in [0, 0.05) is 11.6 Å². The fourth-order valence-corrected chi connectivity index (χ4v) is 3.67. The maximum atomic E-state index is 6.33. The van der Waals surface area contributed by atoms with Crippen molar-refractivity contribution in [3.05, 3.63) is 29.0 Å². The Morgan fingerprint density at radius 3 is 2.85 bits per heavy atom. The number of imidazole rings is 1. The minimum atomic E-state index is -0.0853. The zero-order valence-corrected chi connectivity index (χ0v) is 13.5. The molecule has 2 aromatic rings. The van der Waals surface area contributed by atoms with Crippen LogP contribution in [0.1, 0.15) is 44.3 Å². The summed E-state index contributed by atoms with van der Waals surface area (Å²) in [4.78, 5) is 4.69. The second kappa shape index (κ2) is 5.57. The highest BCUT2D eigenvalue weighted by atomic mass is 35.5. The fraction of sp³-hybridized carbons (Fsp3) is 0.562. The smallest absolute Gasteiger partial charge is 0.127 e. The zero-order valence-electron chi connectivity index (χ0n) is 11.9. The molecule has 1 saturated carbocycles. The van der Waals surface area contributed by atoms with Crippen molar-refractivity contribution in [3.8, 4) is 0 Å². The first-order chi connectivity index (χ1) is 9.56. The number of halogens is 2. The molecule has 4 heteroatoms. The monoisotopic (exact) mass is 310 g/mol. The van der Waals surface area contributed by atoms with Crippen molar-refractivity contribution in [2.75, 3.05) is 0 Å². The molecule has 0 N–H and O–H groups in total. The molecule has 3 rings (SSSR count). The van der Waals surface area contributed by atoms with Crippen molar-refractivity contribution in [1.82, 2.24) is 9.55 Å². The van der Waals surface area contributed by atoms with Gasteiger partial charge in [-0.2, -0.15) is 0 Å². The van der Waals surface area contributed by atoms with E-state index in [-0.39, 0.29) is 5.38 Å². The number of aromatic nitrogens is 2. The largest absolute Gasteiger partial charge is 0.326 e. The average Bonchev–Trinajstić information content (AvgIpc) is 2.95. The quantitative estimate of drug-likeness (QED) is 0.691. The van der Waals surface area contributed by atoms with E-state index in [1.165, 1.54) is 19.3 Å². The van der Waals surface area contributed by atoms with Crippen LogP contribution in [0.3, 0.4) is 0 Å². The Morgan fingerprint density at radius 1 is 1.40 bits per heavy atom. The fourth-order valence-electron chi connectivity index (χ4n) is 3.34. The molecule has 108 valence electrons. The van der Waals surface area contributed by atoms with Crippen molar-refractivity contribution in [2.24, 2.45) is 11.8 Å². The third kappa shape index (κ3) is 2.56. The van der Waals surface area contributed by atoms with Gasteiger partial charge in [0.15, 0.2) is 0 Å². The summed E-state index contributed by atoms with van der Waals surface area (Å²) in [5.74, 6) is 2.47. The SMILES string of the molecule is CC(Cl)c1nc2ccc(Cl)cc2n1CC1CCCC1C. The normalized spacial score (nSPS) is 24.4. The summed E-state index contributed by atoms with van der Waals surface area (Å²) in [5.41, 5.74) is 2.10. The number of fused-ring (bicyclic) bond motifs is 1. The summed E-state index contributed by atoms with van der Waals surface area (Å²) < 4.78 is 2.28. The minimum Gasteiger partial charge on any atom is -0.326 e. The molecular weight excluding hydrogens is 291 g/mol. The van der Waals surface area contributed by atoms with Gasteiger partial charge in [-0.3, -0.25) is 0 Å². The molecule has 1 aliphatic rings. The number of benzene rings is 1. The Kier molecular flexibility index (Phi) is 3.96. The van der Waals surface area contributed by atoms with Crippen molar-refractivity contribution < 1.29 is 0 Å². The highest BCUT2D eigenvalue weighted by Gasteiger charge is 2.26. The lowest BCUT2D eigenvalue weighted by Crippen LogP contribution is -2.15. The van der Waals surface area contributed by atoms with Crippen LogP contribution >= 0.6 is 23.2 Å². The first kappa shape index (κ1) is 14.2. The van der Waals surface area contributed by atoms with Gasteiger partial charge in [-0.05, 0) is 43.4 Å². The van der Waals surface area contributed by atoms with E-state index < -0.39 is 0 Å². The summed E-state index contributed by atoms with van der Waals surface area (Å²) in [6.45, 7) is 5.34. The third-order valence-electron chi connectivity index (χ3n) is 4.55. The average molecular weight is 311 g/mol. The van der Waals surface area contributed by atoms with Gasteiger partial charge in [-0.1, -0.05) is 31.4 Å². The van der Waals surface area contributed by atoms with Gasteiger partial charge in [0.05, 0.1) is 16.4 Å². The summed E-state index contributed by atoms with van der Waals surface area (Å²) in [6, 6.07) is 5.88. The Hall–Kier alpha value is -0.730. The predicted molar refractivity (Wildman–Crippen MR) is 85.5 cm³/mol. The molecule has 1 heterocycles. The highest BCUT2D eigenvalue weighted by molar-refractivity contribution is 6.31. The topological polar surface area (TPSA) is 17.8 Å². The van der Waals surface area contributed by atoms with Gasteiger partial charge in [0.25, 0.3) is 0 Å². The molecule has 1 aromatic carbocycles. The van der Waals surface area contributed by atoms with E-state index >= 15 is 0 Å². The Bertz CT molecular complexity index is 618. The molecule has 2 nitrogen and oxygen atoms in total. The summed E-state index contributed by atoms with van der Waals surface area (Å²) >= 11 is 12.5. The van der Waals surface area contributed by atoms with Crippen molar-refractivity contribution >= 4 is 34.2 Å². The molecule has 1 aromatic heterocycles. The molecule has 20 heavy (non-hydrogen) atoms. The van der Waals surface area contributed by atoms with Gasteiger partial charge in [-0.25, -0.2) is 4.98 Å². The van der Waals surface area contributed by atoms with Crippen LogP contribution in [0.2, 0.25) is 5.02 Å². The van der Waals surface area contributed by atoms with Gasteiger partial charge in [0.2, 0.25) is 0 Å². The Balaban J connectivity index is 2.05. The second-order valence-corrected chi connectivity index (χ2v) is 7.09. The van der Waals surface area contributed by atoms with E-state index in [0.29, 0.717) is 0 Å². The predicted octanol–water partition coefficient (Wildman–Crippen LogP) is 5.43. The molecule has 3 atom stereocenters. The Morgan fingerprint density at radius 2 is 2.20 bits per heavy atom. The highest BCUT2D eigenvalue weighted by Crippen LogP contribution is 2.35. The molecule has 0 aliphatic heterocycles. The molecule has 0 bridgehead atoms. The van der Waals surface area contributed by atoms with Crippen LogP contribution in [0.5, 0.6) is 0 Å². The van der Waals surface area contributed by atoms with Crippen molar-refractivity contribution in [3.63, 3.8) is 0 Å². The number of nitrogens with zero attached hydrogens (tertiary/aromatic N) is 2. The van der Waals surface area contributed by atoms with Gasteiger partial charge in [-0.15, -0.1) is 11.6 Å². The lowest BCUT2D eigenvalue weighted by Gasteiger charge is -2.19. The summed E-state index contributed by atoms with van der Waals surface area (Å²) in [5, 5.41) is 0.671. The van der Waals surface area contributed by atoms with Gasteiger partial charge in [0.1, 0.15) is 5.82 Å². The Labute approximate surface area is 130 Å². The number of hydrogen-bond donors (Lipinski definition) is 0. The van der Waals surface area contributed by atoms with Crippen LogP contribution in [0.15, 0.2) is 18.2 Å². The maximum Gasteiger partial charge on any atom is 0.127 e. The standard InChI is InChI=1S/C16H20Cl2N2/c1-10-4-3-5-12(10)9-20-15-8-13(18)6-7-14(15)19-16(20)11(2)17/h6-8,10-12H,3-5,9H2,1-2H3. The van der Waals surface area contributed by atoms with E-state index in [1.54, 1.807) is 0 Å². The van der Waals surface area contributed by atoms with E-state index in [0.717, 1.165) is 40.3 Å². The molecule has 0 radical (unpaired) electrons. The molecule has 0 spiro atoms. The van der Waals surface area contributed by atoms with E-state index in [1.807, 2.05) is 25.1 Å². The minimum absolute atomic E-state index is 0.0853. The molecule has 3 unspecified atom stereocenters. The van der Waals surface area contributed by atoms with E-state index in [4.69, 9.17) is 28.2 Å². The van der Waals surface area contributed by atoms with Crippen molar-refractivity contribution in [1.29, 1.82) is 0 Å². The number of alkyl halides is 1. The van der Waals surface area contributed by atoms with Crippen LogP contribution in [-0.4, -0.2) is 9.55 Å². The summed E-state index contributed by atoms with van der Waals surface area (Å²) in [7, 11) is 0. The molecule has 1 aliphatic carbocycles. The van der Waals surface area contributed by atoms with E-state index in [2.05, 4.69) is 11.5 Å². The van der Waals surface area contributed by atoms with Crippen LogP contribution in [-0.2, 0) is 6.54 Å². The van der Waals surface area contributed by atoms with Gasteiger partial charge >= 0.3 is 0 Å². The first-order valence-corrected chi connectivity index (χ1v) is 8.17. The lowest BCUT2D eigenvalue weighted by molar-refractivity contribution is 0.363. The molecule has 0 saturated heterocycles. The van der Waals surface area contributed by atoms with Crippen molar-refractivity contribution in [2.45, 2.75) is 45.0 Å². The molecule has 1 fully saturated rings. The lowest BCUT2D eigenvalue weighted by atomic mass is 9.98.